The molecule has 8 rings (SSSR count). The second-order valence-electron chi connectivity index (χ2n) is 23.2. The normalized spacial score (nSPS) is 54.0. The summed E-state index contributed by atoms with van der Waals surface area (Å²) in [6.45, 7) is 14.4. The van der Waals surface area contributed by atoms with Gasteiger partial charge in [-0.1, -0.05) is 60.1 Å². The highest BCUT2D eigenvalue weighted by molar-refractivity contribution is 5.77. The smallest absolute Gasteiger partial charge is 0.312 e. The van der Waals surface area contributed by atoms with Crippen molar-refractivity contribution in [3.8, 4) is 0 Å². The quantitative estimate of drug-likeness (QED) is 0.110. The van der Waals surface area contributed by atoms with Gasteiger partial charge in [-0.15, -0.1) is 0 Å². The van der Waals surface area contributed by atoms with Crippen molar-refractivity contribution in [1.29, 1.82) is 0 Å². The van der Waals surface area contributed by atoms with Crippen LogP contribution in [-0.2, 0) is 33.2 Å². The fraction of sp³-hybridized carbons (Fsp3) is 0.936. The van der Waals surface area contributed by atoms with Crippen LogP contribution in [0.15, 0.2) is 11.6 Å². The average molecular weight is 929 g/mol. The molecule has 0 spiro atoms. The van der Waals surface area contributed by atoms with E-state index in [1.54, 1.807) is 0 Å². The molecule has 372 valence electrons. The number of hydrogen-bond acceptors (Lipinski definition) is 17. The average Bonchev–Trinajstić information content (AvgIpc) is 3.23. The van der Waals surface area contributed by atoms with Gasteiger partial charge in [-0.05, 0) is 103 Å². The minimum absolute atomic E-state index is 0.0413. The molecule has 0 aromatic heterocycles. The number of carboxylic acids is 1. The topological polar surface area (TPSA) is 295 Å². The summed E-state index contributed by atoms with van der Waals surface area (Å²) in [5, 5.41) is 118. The van der Waals surface area contributed by atoms with Gasteiger partial charge in [-0.3, -0.25) is 4.79 Å². The van der Waals surface area contributed by atoms with Crippen LogP contribution in [0.1, 0.15) is 106 Å². The molecule has 7 fully saturated rings. The van der Waals surface area contributed by atoms with E-state index in [-0.39, 0.29) is 40.6 Å². The molecule has 65 heavy (non-hydrogen) atoms. The maximum atomic E-state index is 13.1. The van der Waals surface area contributed by atoms with Gasteiger partial charge in [-0.2, -0.15) is 0 Å². The van der Waals surface area contributed by atoms with Crippen LogP contribution in [0.4, 0.5) is 0 Å². The van der Waals surface area contributed by atoms with Crippen LogP contribution >= 0.6 is 0 Å². The SMILES string of the molecule is CC1(C)CC[C@]2(C(=O)O)[C@@H](O)C[C@]3(C)C(=CCC4[C@@]5(C)CC[C@H](O[C@@H]6O[C@H](CO[C@@H]7O[C@H](CO[C@@H]8OC[C@@H](O)[C@H](O)[C@H]8O)[C@@H](O)[C@H](O)[C@H]7O)[C@@H](O)[C@H](O)[C@H]6O)C(C)(C)C5CC[C@]43C)[C@@H]2C1. The van der Waals surface area contributed by atoms with Crippen LogP contribution in [0, 0.1) is 50.2 Å². The van der Waals surface area contributed by atoms with Gasteiger partial charge in [0, 0.05) is 0 Å². The van der Waals surface area contributed by atoms with Crippen LogP contribution in [0.3, 0.4) is 0 Å². The molecule has 0 aromatic carbocycles. The number of aliphatic hydroxyl groups excluding tert-OH is 10. The van der Waals surface area contributed by atoms with Gasteiger partial charge in [-0.25, -0.2) is 0 Å². The van der Waals surface area contributed by atoms with E-state index in [1.165, 1.54) is 5.57 Å². The van der Waals surface area contributed by atoms with Gasteiger partial charge < -0.3 is 84.6 Å². The monoisotopic (exact) mass is 929 g/mol. The van der Waals surface area contributed by atoms with Crippen LogP contribution in [0.25, 0.3) is 0 Å². The lowest BCUT2D eigenvalue weighted by Gasteiger charge is -2.71. The molecule has 18 nitrogen and oxygen atoms in total. The van der Waals surface area contributed by atoms with Crippen molar-refractivity contribution < 1.29 is 89.4 Å². The Labute approximate surface area is 380 Å². The Kier molecular flexibility index (Phi) is 13.4. The second kappa shape index (κ2) is 17.5. The molecule has 3 aliphatic heterocycles. The first-order chi connectivity index (χ1) is 30.2. The molecule has 0 radical (unpaired) electrons. The molecular weight excluding hydrogens is 852 g/mol. The third-order valence-corrected chi connectivity index (χ3v) is 19.0. The van der Waals surface area contributed by atoms with Gasteiger partial charge >= 0.3 is 5.97 Å². The molecule has 23 atom stereocenters. The van der Waals surface area contributed by atoms with Crippen molar-refractivity contribution in [3.63, 3.8) is 0 Å². The molecular formula is C47H76O18. The summed E-state index contributed by atoms with van der Waals surface area (Å²) >= 11 is 0. The minimum atomic E-state index is -1.78. The minimum Gasteiger partial charge on any atom is -0.481 e. The third kappa shape index (κ3) is 7.89. The van der Waals surface area contributed by atoms with E-state index in [4.69, 9.17) is 28.4 Å². The summed E-state index contributed by atoms with van der Waals surface area (Å²) in [4.78, 5) is 13.1. The summed E-state index contributed by atoms with van der Waals surface area (Å²) < 4.78 is 35.0. The van der Waals surface area contributed by atoms with E-state index in [0.717, 1.165) is 38.5 Å². The van der Waals surface area contributed by atoms with E-state index in [2.05, 4.69) is 54.5 Å². The van der Waals surface area contributed by atoms with E-state index < -0.39 is 134 Å². The van der Waals surface area contributed by atoms with Gasteiger partial charge in [0.2, 0.25) is 0 Å². The van der Waals surface area contributed by atoms with E-state index in [0.29, 0.717) is 19.3 Å². The molecule has 3 heterocycles. The molecule has 3 saturated heterocycles. The van der Waals surface area contributed by atoms with Crippen molar-refractivity contribution in [2.45, 2.75) is 204 Å². The Bertz CT molecular complexity index is 1780. The first-order valence-corrected chi connectivity index (χ1v) is 23.8. The van der Waals surface area contributed by atoms with Crippen molar-refractivity contribution in [2.75, 3.05) is 19.8 Å². The maximum absolute atomic E-state index is 13.1. The zero-order valence-corrected chi connectivity index (χ0v) is 38.8. The lowest BCUT2D eigenvalue weighted by Crippen LogP contribution is -2.68. The zero-order chi connectivity index (χ0) is 47.6. The molecule has 0 amide bonds. The highest BCUT2D eigenvalue weighted by Crippen LogP contribution is 2.76. The first kappa shape index (κ1) is 50.0. The number of hydrogen-bond donors (Lipinski definition) is 11. The third-order valence-electron chi connectivity index (χ3n) is 19.0. The van der Waals surface area contributed by atoms with E-state index >= 15 is 0 Å². The highest BCUT2D eigenvalue weighted by atomic mass is 16.7. The van der Waals surface area contributed by atoms with Gasteiger partial charge in [0.15, 0.2) is 18.9 Å². The Morgan fingerprint density at radius 1 is 0.662 bits per heavy atom. The van der Waals surface area contributed by atoms with Crippen LogP contribution in [0.5, 0.6) is 0 Å². The van der Waals surface area contributed by atoms with Gasteiger partial charge in [0.25, 0.3) is 0 Å². The Morgan fingerprint density at radius 2 is 1.25 bits per heavy atom. The van der Waals surface area contributed by atoms with E-state index in [1.807, 2.05) is 0 Å². The number of carboxylic acid groups (broad SMARTS) is 1. The molecule has 8 aliphatic rings. The summed E-state index contributed by atoms with van der Waals surface area (Å²) in [5.41, 5.74) is -1.24. The Hall–Kier alpha value is -1.43. The number of carbonyl (C=O) groups is 1. The Balaban J connectivity index is 0.943. The summed E-state index contributed by atoms with van der Waals surface area (Å²) in [6.07, 6.45) is -14.5. The molecule has 0 aromatic rings. The fourth-order valence-electron chi connectivity index (χ4n) is 14.8. The Morgan fingerprint density at radius 3 is 1.88 bits per heavy atom. The van der Waals surface area contributed by atoms with Gasteiger partial charge in [0.1, 0.15) is 72.6 Å². The lowest BCUT2D eigenvalue weighted by molar-refractivity contribution is -0.348. The summed E-state index contributed by atoms with van der Waals surface area (Å²) in [7, 11) is 0. The van der Waals surface area contributed by atoms with Crippen molar-refractivity contribution in [2.24, 2.45) is 50.2 Å². The number of allylic oxidation sites excluding steroid dienone is 2. The molecule has 0 bridgehead atoms. The zero-order valence-electron chi connectivity index (χ0n) is 38.8. The first-order valence-electron chi connectivity index (χ1n) is 23.8. The van der Waals surface area contributed by atoms with Crippen molar-refractivity contribution in [3.05, 3.63) is 11.6 Å². The van der Waals surface area contributed by atoms with Crippen LogP contribution in [-0.4, -0.2) is 180 Å². The fourth-order valence-corrected chi connectivity index (χ4v) is 14.8. The predicted molar refractivity (Wildman–Crippen MR) is 226 cm³/mol. The molecule has 2 unspecified atom stereocenters. The second-order valence-corrected chi connectivity index (χ2v) is 23.2. The molecule has 18 heteroatoms. The van der Waals surface area contributed by atoms with E-state index in [9.17, 15) is 61.0 Å². The van der Waals surface area contributed by atoms with Crippen molar-refractivity contribution in [1.82, 2.24) is 0 Å². The highest BCUT2D eigenvalue weighted by Gasteiger charge is 2.71. The maximum Gasteiger partial charge on any atom is 0.312 e. The predicted octanol–water partition coefficient (Wildman–Crippen LogP) is 0.316. The standard InChI is InChI=1S/C47H76O18/c1-42(2)14-15-47(41(58)59)22(16-42)21-8-9-27-44(5)12-11-29(43(3,4)26(44)10-13-45(27,6)46(21,7)17-28(47)49)65-40-37(57)34(54)32(52)25(64-40)20-62-39-36(56)33(53)31(51)24(63-39)19-61-38-35(55)30(50)23(48)18-60-38/h8,22-40,48-57H,9-20H2,1-7H3,(H,58,59)/t22-,23+,24+,25+,26?,27?,28-,29-,30-,31+,32+,33-,34-,35+,36+,37+,38-,39+,40-,44-,45+,46+,47+/m0/s1. The van der Waals surface area contributed by atoms with Gasteiger partial charge in [0.05, 0.1) is 32.0 Å². The van der Waals surface area contributed by atoms with Crippen LogP contribution in [0.2, 0.25) is 0 Å². The summed E-state index contributed by atoms with van der Waals surface area (Å²) in [5.74, 6) is -0.739. The lowest BCUT2D eigenvalue weighted by atomic mass is 9.33. The van der Waals surface area contributed by atoms with Crippen LogP contribution < -0.4 is 0 Å². The van der Waals surface area contributed by atoms with Crippen molar-refractivity contribution >= 4 is 5.97 Å². The number of ether oxygens (including phenoxy) is 6. The largest absolute Gasteiger partial charge is 0.481 e. The number of fused-ring (bicyclic) bond motifs is 7. The molecule has 5 aliphatic carbocycles. The molecule has 4 saturated carbocycles. The summed E-state index contributed by atoms with van der Waals surface area (Å²) in [6, 6.07) is 0. The number of aliphatic hydroxyl groups is 10. The molecule has 11 N–H and O–H groups in total. The number of rotatable bonds is 9. The number of aliphatic carboxylic acids is 1.